The summed E-state index contributed by atoms with van der Waals surface area (Å²) in [6.45, 7) is 2.49. The molecule has 2 aromatic rings. The lowest BCUT2D eigenvalue weighted by Gasteiger charge is -2.13. The van der Waals surface area contributed by atoms with E-state index in [1.165, 1.54) is 5.56 Å². The molecule has 0 aliphatic rings. The summed E-state index contributed by atoms with van der Waals surface area (Å²) in [5.41, 5.74) is 1.61. The number of rotatable bonds is 7. The number of benzene rings is 2. The number of nitrogens with one attached hydrogen (secondary N) is 1. The van der Waals surface area contributed by atoms with Crippen LogP contribution < -0.4 is 10.1 Å². The predicted octanol–water partition coefficient (Wildman–Crippen LogP) is 2.80. The number of carbonyl (C=O) groups is 2. The van der Waals surface area contributed by atoms with Crippen molar-refractivity contribution in [3.63, 3.8) is 0 Å². The van der Waals surface area contributed by atoms with Gasteiger partial charge in [-0.25, -0.2) is 0 Å². The minimum absolute atomic E-state index is 0.105. The fourth-order valence-electron chi connectivity index (χ4n) is 2.07. The van der Waals surface area contributed by atoms with Crippen LogP contribution in [0.3, 0.4) is 0 Å². The second kappa shape index (κ2) is 7.98. The quantitative estimate of drug-likeness (QED) is 0.800. The van der Waals surface area contributed by atoms with Crippen LogP contribution >= 0.6 is 0 Å². The molecule has 0 saturated heterocycles. The van der Waals surface area contributed by atoms with Crippen LogP contribution in [0.15, 0.2) is 54.6 Å². The lowest BCUT2D eigenvalue weighted by Crippen LogP contribution is -2.32. The Balaban J connectivity index is 1.80. The molecule has 4 heteroatoms. The van der Waals surface area contributed by atoms with Crippen LogP contribution in [0, 0.1) is 0 Å². The van der Waals surface area contributed by atoms with Gasteiger partial charge in [0.1, 0.15) is 5.75 Å². The number of hydrogen-bond acceptors (Lipinski definition) is 3. The Morgan fingerprint density at radius 1 is 1.14 bits per heavy atom. The summed E-state index contributed by atoms with van der Waals surface area (Å²) in [4.78, 5) is 22.7. The molecule has 0 fully saturated rings. The van der Waals surface area contributed by atoms with Crippen LogP contribution in [0.1, 0.15) is 28.8 Å². The highest BCUT2D eigenvalue weighted by Gasteiger charge is 2.09. The van der Waals surface area contributed by atoms with E-state index in [1.807, 2.05) is 30.3 Å². The molecule has 0 aliphatic carbocycles. The molecule has 0 unspecified atom stereocenters. The molecule has 1 N–H and O–H groups in total. The average molecular weight is 297 g/mol. The van der Waals surface area contributed by atoms with Crippen LogP contribution in [0.2, 0.25) is 0 Å². The topological polar surface area (TPSA) is 55.4 Å². The Morgan fingerprint density at radius 2 is 1.82 bits per heavy atom. The summed E-state index contributed by atoms with van der Waals surface area (Å²) in [5.74, 6) is 0.444. The van der Waals surface area contributed by atoms with Gasteiger partial charge in [-0.3, -0.25) is 9.59 Å². The number of ether oxygens (including phenoxy) is 1. The molecule has 1 atom stereocenters. The zero-order chi connectivity index (χ0) is 15.8. The van der Waals surface area contributed by atoms with Crippen LogP contribution in [0.4, 0.5) is 0 Å². The molecule has 0 aromatic heterocycles. The van der Waals surface area contributed by atoms with Gasteiger partial charge in [-0.15, -0.1) is 0 Å². The lowest BCUT2D eigenvalue weighted by atomic mass is 10.0. The minimum atomic E-state index is -0.205. The number of amides is 1. The van der Waals surface area contributed by atoms with Crippen LogP contribution in [-0.2, 0) is 4.79 Å². The molecule has 0 bridgehead atoms. The fourth-order valence-corrected chi connectivity index (χ4v) is 2.07. The van der Waals surface area contributed by atoms with Crippen molar-refractivity contribution in [1.29, 1.82) is 0 Å². The molecule has 0 saturated carbocycles. The molecule has 0 radical (unpaired) electrons. The van der Waals surface area contributed by atoms with Gasteiger partial charge in [0.25, 0.3) is 5.91 Å². The van der Waals surface area contributed by atoms with Gasteiger partial charge >= 0.3 is 0 Å². The molecule has 2 aromatic carbocycles. The van der Waals surface area contributed by atoms with E-state index >= 15 is 0 Å². The lowest BCUT2D eigenvalue weighted by molar-refractivity contribution is -0.123. The summed E-state index contributed by atoms with van der Waals surface area (Å²) in [6, 6.07) is 16.8. The summed E-state index contributed by atoms with van der Waals surface area (Å²) in [7, 11) is 0. The fraction of sp³-hybridized carbons (Fsp3) is 0.222. The second-order valence-corrected chi connectivity index (χ2v) is 5.06. The van der Waals surface area contributed by atoms with Crippen molar-refractivity contribution in [1.82, 2.24) is 5.32 Å². The second-order valence-electron chi connectivity index (χ2n) is 5.06. The van der Waals surface area contributed by atoms with Gasteiger partial charge in [-0.1, -0.05) is 49.4 Å². The first-order chi connectivity index (χ1) is 10.7. The largest absolute Gasteiger partial charge is 0.483 e. The molecular weight excluding hydrogens is 278 g/mol. The van der Waals surface area contributed by atoms with Crippen molar-refractivity contribution < 1.29 is 14.3 Å². The van der Waals surface area contributed by atoms with Gasteiger partial charge in [0.2, 0.25) is 0 Å². The zero-order valence-electron chi connectivity index (χ0n) is 12.5. The van der Waals surface area contributed by atoms with Gasteiger partial charge in [0, 0.05) is 6.54 Å². The first-order valence-corrected chi connectivity index (χ1v) is 7.19. The van der Waals surface area contributed by atoms with Crippen molar-refractivity contribution in [2.45, 2.75) is 12.8 Å². The first kappa shape index (κ1) is 15.8. The standard InChI is InChI=1S/C18H19NO3/c1-14(15-7-3-2-4-8-15)11-19-18(21)13-22-17-10-6-5-9-16(17)12-20/h2-10,12,14H,11,13H2,1H3,(H,19,21)/t14-/m0/s1. The third-order valence-electron chi connectivity index (χ3n) is 3.38. The van der Waals surface area contributed by atoms with E-state index < -0.39 is 0 Å². The van der Waals surface area contributed by atoms with E-state index in [1.54, 1.807) is 24.3 Å². The maximum atomic E-state index is 11.8. The Bertz CT molecular complexity index is 625. The van der Waals surface area contributed by atoms with Crippen LogP contribution in [-0.4, -0.2) is 25.3 Å². The summed E-state index contributed by atoms with van der Waals surface area (Å²) in [5, 5.41) is 2.84. The van der Waals surface area contributed by atoms with Crippen LogP contribution in [0.25, 0.3) is 0 Å². The normalized spacial score (nSPS) is 11.5. The van der Waals surface area contributed by atoms with E-state index in [2.05, 4.69) is 12.2 Å². The average Bonchev–Trinajstić information content (AvgIpc) is 2.58. The van der Waals surface area contributed by atoms with Gasteiger partial charge in [-0.05, 0) is 23.6 Å². The number of carbonyl (C=O) groups excluding carboxylic acids is 2. The molecule has 22 heavy (non-hydrogen) atoms. The number of hydrogen-bond donors (Lipinski definition) is 1. The smallest absolute Gasteiger partial charge is 0.257 e. The third kappa shape index (κ3) is 4.45. The maximum Gasteiger partial charge on any atom is 0.257 e. The molecule has 0 aliphatic heterocycles. The minimum Gasteiger partial charge on any atom is -0.483 e. The number of para-hydroxylation sites is 1. The van der Waals surface area contributed by atoms with Crippen molar-refractivity contribution in [2.24, 2.45) is 0 Å². The van der Waals surface area contributed by atoms with Gasteiger partial charge in [-0.2, -0.15) is 0 Å². The maximum absolute atomic E-state index is 11.8. The Labute approximate surface area is 130 Å². The molecule has 0 spiro atoms. The highest BCUT2D eigenvalue weighted by molar-refractivity contribution is 5.80. The monoisotopic (exact) mass is 297 g/mol. The van der Waals surface area contributed by atoms with Crippen molar-refractivity contribution >= 4 is 12.2 Å². The van der Waals surface area contributed by atoms with E-state index in [-0.39, 0.29) is 18.4 Å². The van der Waals surface area contributed by atoms with Gasteiger partial charge < -0.3 is 10.1 Å². The summed E-state index contributed by atoms with van der Waals surface area (Å²) >= 11 is 0. The third-order valence-corrected chi connectivity index (χ3v) is 3.38. The van der Waals surface area contributed by atoms with Crippen molar-refractivity contribution in [2.75, 3.05) is 13.2 Å². The molecular formula is C18H19NO3. The molecule has 2 rings (SSSR count). The highest BCUT2D eigenvalue weighted by atomic mass is 16.5. The summed E-state index contributed by atoms with van der Waals surface area (Å²) < 4.78 is 5.38. The van der Waals surface area contributed by atoms with Crippen molar-refractivity contribution in [3.8, 4) is 5.75 Å². The Hall–Kier alpha value is -2.62. The summed E-state index contributed by atoms with van der Waals surface area (Å²) in [6.07, 6.45) is 0.713. The zero-order valence-corrected chi connectivity index (χ0v) is 12.5. The van der Waals surface area contributed by atoms with Crippen LogP contribution in [0.5, 0.6) is 5.75 Å². The molecule has 4 nitrogen and oxygen atoms in total. The molecule has 114 valence electrons. The first-order valence-electron chi connectivity index (χ1n) is 7.19. The van der Waals surface area contributed by atoms with E-state index in [0.717, 1.165) is 0 Å². The number of aldehydes is 1. The van der Waals surface area contributed by atoms with Gasteiger partial charge in [0.05, 0.1) is 5.56 Å². The Morgan fingerprint density at radius 3 is 2.55 bits per heavy atom. The molecule has 0 heterocycles. The van der Waals surface area contributed by atoms with Crippen molar-refractivity contribution in [3.05, 3.63) is 65.7 Å². The van der Waals surface area contributed by atoms with E-state index in [4.69, 9.17) is 4.74 Å². The van der Waals surface area contributed by atoms with E-state index in [0.29, 0.717) is 24.1 Å². The predicted molar refractivity (Wildman–Crippen MR) is 85.2 cm³/mol. The van der Waals surface area contributed by atoms with Gasteiger partial charge in [0.15, 0.2) is 12.9 Å². The Kier molecular flexibility index (Phi) is 5.72. The SMILES string of the molecule is C[C@@H](CNC(=O)COc1ccccc1C=O)c1ccccc1. The molecule has 1 amide bonds. The highest BCUT2D eigenvalue weighted by Crippen LogP contribution is 2.15. The van der Waals surface area contributed by atoms with E-state index in [9.17, 15) is 9.59 Å².